The van der Waals surface area contributed by atoms with E-state index in [-0.39, 0.29) is 35.6 Å². The van der Waals surface area contributed by atoms with Gasteiger partial charge < -0.3 is 14.4 Å². The average molecular weight is 488 g/mol. The van der Waals surface area contributed by atoms with E-state index < -0.39 is 26.0 Å². The molecule has 1 heterocycles. The number of carbonyl (C=O) groups is 2. The molecule has 1 aromatic rings. The number of unbranched alkanes of at least 4 members (excludes halogenated alkanes) is 1. The SMILES string of the molecule is CC(C)(C)[Si](C)(C)OCC1CN(C(=O)CCCCC(=O)O)CC1c1cccc(C(F)(F)F)c1. The Balaban J connectivity index is 2.19. The molecule has 0 aromatic heterocycles. The molecule has 1 saturated heterocycles. The summed E-state index contributed by atoms with van der Waals surface area (Å²) in [6, 6.07) is 5.36. The molecule has 1 fully saturated rings. The number of hydrogen-bond acceptors (Lipinski definition) is 3. The number of likely N-dealkylation sites (tertiary alicyclic amines) is 1. The molecular weight excluding hydrogens is 451 g/mol. The van der Waals surface area contributed by atoms with Gasteiger partial charge in [0.25, 0.3) is 0 Å². The highest BCUT2D eigenvalue weighted by molar-refractivity contribution is 6.74. The molecule has 0 bridgehead atoms. The number of benzene rings is 1. The van der Waals surface area contributed by atoms with Crippen LogP contribution in [0.25, 0.3) is 0 Å². The van der Waals surface area contributed by atoms with Crippen LogP contribution in [0.2, 0.25) is 18.1 Å². The second-order valence-electron chi connectivity index (χ2n) is 10.5. The van der Waals surface area contributed by atoms with Crippen molar-refractivity contribution in [3.05, 3.63) is 35.4 Å². The largest absolute Gasteiger partial charge is 0.481 e. The third-order valence-electron chi connectivity index (χ3n) is 6.93. The Kier molecular flexibility index (Phi) is 8.78. The van der Waals surface area contributed by atoms with Crippen molar-refractivity contribution < 1.29 is 32.3 Å². The molecule has 2 rings (SSSR count). The van der Waals surface area contributed by atoms with Crippen LogP contribution in [-0.4, -0.2) is 49.9 Å². The van der Waals surface area contributed by atoms with Crippen LogP contribution in [0.1, 0.15) is 63.5 Å². The molecule has 33 heavy (non-hydrogen) atoms. The predicted octanol–water partition coefficient (Wildman–Crippen LogP) is 5.91. The minimum atomic E-state index is -4.43. The zero-order valence-corrected chi connectivity index (χ0v) is 21.2. The van der Waals surface area contributed by atoms with Gasteiger partial charge >= 0.3 is 12.1 Å². The molecule has 1 amide bonds. The third kappa shape index (κ3) is 7.57. The topological polar surface area (TPSA) is 66.8 Å². The highest BCUT2D eigenvalue weighted by atomic mass is 28.4. The smallest absolute Gasteiger partial charge is 0.416 e. The summed E-state index contributed by atoms with van der Waals surface area (Å²) in [7, 11) is -2.07. The molecule has 1 N–H and O–H groups in total. The van der Waals surface area contributed by atoms with Gasteiger partial charge in [0.15, 0.2) is 8.32 Å². The van der Waals surface area contributed by atoms with Crippen molar-refractivity contribution >= 4 is 20.2 Å². The van der Waals surface area contributed by atoms with Crippen molar-refractivity contribution in [3.8, 4) is 0 Å². The lowest BCUT2D eigenvalue weighted by Gasteiger charge is -2.37. The lowest BCUT2D eigenvalue weighted by molar-refractivity contribution is -0.138. The van der Waals surface area contributed by atoms with Crippen LogP contribution >= 0.6 is 0 Å². The van der Waals surface area contributed by atoms with Crippen LogP contribution in [-0.2, 0) is 20.2 Å². The van der Waals surface area contributed by atoms with Crippen LogP contribution in [0.3, 0.4) is 0 Å². The van der Waals surface area contributed by atoms with Crippen molar-refractivity contribution in [1.29, 1.82) is 0 Å². The van der Waals surface area contributed by atoms with Crippen LogP contribution in [0.4, 0.5) is 13.2 Å². The van der Waals surface area contributed by atoms with Gasteiger partial charge in [0.1, 0.15) is 0 Å². The minimum Gasteiger partial charge on any atom is -0.481 e. The number of carbonyl (C=O) groups excluding carboxylic acids is 1. The van der Waals surface area contributed by atoms with Crippen molar-refractivity contribution in [2.45, 2.75) is 76.7 Å². The van der Waals surface area contributed by atoms with E-state index in [1.165, 1.54) is 12.1 Å². The summed E-state index contributed by atoms with van der Waals surface area (Å²) in [6.45, 7) is 11.8. The summed E-state index contributed by atoms with van der Waals surface area (Å²) >= 11 is 0. The van der Waals surface area contributed by atoms with E-state index in [1.54, 1.807) is 11.0 Å². The number of carboxylic acid groups (broad SMARTS) is 1. The molecule has 186 valence electrons. The van der Waals surface area contributed by atoms with Gasteiger partial charge in [-0.1, -0.05) is 39.0 Å². The van der Waals surface area contributed by atoms with Crippen molar-refractivity contribution in [3.63, 3.8) is 0 Å². The van der Waals surface area contributed by atoms with E-state index in [0.717, 1.165) is 6.07 Å². The molecule has 0 spiro atoms. The Morgan fingerprint density at radius 2 is 1.76 bits per heavy atom. The van der Waals surface area contributed by atoms with E-state index in [1.807, 2.05) is 0 Å². The van der Waals surface area contributed by atoms with Crippen LogP contribution < -0.4 is 0 Å². The minimum absolute atomic E-state index is 0.00303. The molecule has 9 heteroatoms. The molecule has 2 unspecified atom stereocenters. The number of carboxylic acids is 1. The first kappa shape index (κ1) is 27.4. The quantitative estimate of drug-likeness (QED) is 0.347. The maximum absolute atomic E-state index is 13.3. The van der Waals surface area contributed by atoms with Crippen molar-refractivity contribution in [1.82, 2.24) is 4.90 Å². The molecule has 2 atom stereocenters. The summed E-state index contributed by atoms with van der Waals surface area (Å²) in [5, 5.41) is 8.76. The fourth-order valence-electron chi connectivity index (χ4n) is 3.81. The van der Waals surface area contributed by atoms with Crippen LogP contribution in [0.15, 0.2) is 24.3 Å². The number of alkyl halides is 3. The van der Waals surface area contributed by atoms with E-state index in [4.69, 9.17) is 9.53 Å². The van der Waals surface area contributed by atoms with E-state index >= 15 is 0 Å². The number of rotatable bonds is 9. The molecule has 0 aliphatic carbocycles. The zero-order valence-electron chi connectivity index (χ0n) is 20.2. The first-order valence-electron chi connectivity index (χ1n) is 11.4. The predicted molar refractivity (Wildman–Crippen MR) is 124 cm³/mol. The summed E-state index contributed by atoms with van der Waals surface area (Å²) < 4.78 is 46.3. The van der Waals surface area contributed by atoms with Gasteiger partial charge in [0.05, 0.1) is 5.56 Å². The number of hydrogen-bond donors (Lipinski definition) is 1. The van der Waals surface area contributed by atoms with Gasteiger partial charge in [-0.2, -0.15) is 13.2 Å². The molecule has 1 aliphatic heterocycles. The fraction of sp³-hybridized carbons (Fsp3) is 0.667. The lowest BCUT2D eigenvalue weighted by Crippen LogP contribution is -2.42. The standard InChI is InChI=1S/C24H36F3NO4Si/c1-23(2,3)33(4,5)32-16-18-14-28(21(29)11-6-7-12-22(30)31)15-20(18)17-9-8-10-19(13-17)24(25,26)27/h8-10,13,18,20H,6-7,11-12,14-16H2,1-5H3,(H,30,31). The Morgan fingerprint density at radius 1 is 1.12 bits per heavy atom. The molecule has 0 radical (unpaired) electrons. The van der Waals surface area contributed by atoms with Gasteiger partial charge in [-0.05, 0) is 42.6 Å². The molecule has 1 aromatic carbocycles. The first-order chi connectivity index (χ1) is 15.1. The average Bonchev–Trinajstić information content (AvgIpc) is 3.12. The van der Waals surface area contributed by atoms with Crippen LogP contribution in [0, 0.1) is 5.92 Å². The monoisotopic (exact) mass is 487 g/mol. The number of aliphatic carboxylic acids is 1. The van der Waals surface area contributed by atoms with Gasteiger partial charge in [0.2, 0.25) is 5.91 Å². The zero-order chi connectivity index (χ0) is 25.0. The van der Waals surface area contributed by atoms with Gasteiger partial charge in [-0.3, -0.25) is 9.59 Å². The maximum Gasteiger partial charge on any atom is 0.416 e. The normalized spacial score (nSPS) is 19.7. The highest BCUT2D eigenvalue weighted by Gasteiger charge is 2.41. The second kappa shape index (κ2) is 10.6. The van der Waals surface area contributed by atoms with E-state index in [2.05, 4.69) is 33.9 Å². The summed E-state index contributed by atoms with van der Waals surface area (Å²) in [4.78, 5) is 25.1. The van der Waals surface area contributed by atoms with Crippen LogP contribution in [0.5, 0.6) is 0 Å². The Hall–Kier alpha value is -1.87. The molecule has 1 aliphatic rings. The Morgan fingerprint density at radius 3 is 2.33 bits per heavy atom. The van der Waals surface area contributed by atoms with Gasteiger partial charge in [-0.25, -0.2) is 0 Å². The van der Waals surface area contributed by atoms with Crippen molar-refractivity contribution in [2.75, 3.05) is 19.7 Å². The third-order valence-corrected chi connectivity index (χ3v) is 11.4. The summed E-state index contributed by atoms with van der Waals surface area (Å²) in [5.41, 5.74) is -0.127. The molecule has 0 saturated carbocycles. The van der Waals surface area contributed by atoms with Gasteiger partial charge in [-0.15, -0.1) is 0 Å². The maximum atomic E-state index is 13.3. The second-order valence-corrected chi connectivity index (χ2v) is 15.3. The Bertz CT molecular complexity index is 836. The molecular formula is C24H36F3NO4Si. The number of amides is 1. The number of nitrogens with zero attached hydrogens (tertiary/aromatic N) is 1. The van der Waals surface area contributed by atoms with Crippen molar-refractivity contribution in [2.24, 2.45) is 5.92 Å². The lowest BCUT2D eigenvalue weighted by atomic mass is 9.88. The molecule has 5 nitrogen and oxygen atoms in total. The first-order valence-corrected chi connectivity index (χ1v) is 14.3. The highest BCUT2D eigenvalue weighted by Crippen LogP contribution is 2.40. The number of halogens is 3. The van der Waals surface area contributed by atoms with E-state index in [9.17, 15) is 22.8 Å². The van der Waals surface area contributed by atoms with E-state index in [0.29, 0.717) is 38.1 Å². The summed E-state index contributed by atoms with van der Waals surface area (Å²) in [5.74, 6) is -1.34. The fourth-order valence-corrected chi connectivity index (χ4v) is 4.87. The Labute approximate surface area is 195 Å². The van der Waals surface area contributed by atoms with Gasteiger partial charge in [0, 0.05) is 44.4 Å². The summed E-state index contributed by atoms with van der Waals surface area (Å²) in [6.07, 6.45) is -3.28.